The number of benzene rings is 1. The predicted molar refractivity (Wildman–Crippen MR) is 103 cm³/mol. The largest absolute Gasteiger partial charge is 0.360 e. The fourth-order valence-corrected chi connectivity index (χ4v) is 3.90. The van der Waals surface area contributed by atoms with E-state index in [1.54, 1.807) is 17.7 Å². The SMILES string of the molecule is Cc1onc(-c2ccccc2Cl)c1C(=O)N1CCC[C@@H](c2ccn(C)n2)C1. The average Bonchev–Trinajstić information content (AvgIpc) is 3.27. The van der Waals surface area contributed by atoms with Crippen LogP contribution in [0, 0.1) is 6.92 Å². The first-order chi connectivity index (χ1) is 13.0. The molecule has 0 bridgehead atoms. The molecular weight excluding hydrogens is 364 g/mol. The van der Waals surface area contributed by atoms with Crippen molar-refractivity contribution in [3.63, 3.8) is 0 Å². The van der Waals surface area contributed by atoms with Crippen LogP contribution in [-0.2, 0) is 7.05 Å². The number of aromatic nitrogens is 3. The second kappa shape index (κ2) is 7.19. The summed E-state index contributed by atoms with van der Waals surface area (Å²) in [7, 11) is 1.91. The summed E-state index contributed by atoms with van der Waals surface area (Å²) in [4.78, 5) is 15.2. The Morgan fingerprint density at radius 2 is 2.11 bits per heavy atom. The highest BCUT2D eigenvalue weighted by atomic mass is 35.5. The summed E-state index contributed by atoms with van der Waals surface area (Å²) in [5.74, 6) is 0.687. The number of nitrogens with zero attached hydrogens (tertiary/aromatic N) is 4. The molecule has 0 N–H and O–H groups in total. The van der Waals surface area contributed by atoms with Gasteiger partial charge in [0.25, 0.3) is 5.91 Å². The number of hydrogen-bond acceptors (Lipinski definition) is 4. The van der Waals surface area contributed by atoms with Gasteiger partial charge in [-0.15, -0.1) is 0 Å². The van der Waals surface area contributed by atoms with Crippen LogP contribution in [0.25, 0.3) is 11.3 Å². The first kappa shape index (κ1) is 17.8. The van der Waals surface area contributed by atoms with Gasteiger partial charge in [0.2, 0.25) is 0 Å². The Morgan fingerprint density at radius 3 is 2.85 bits per heavy atom. The quantitative estimate of drug-likeness (QED) is 0.683. The van der Waals surface area contributed by atoms with Gasteiger partial charge in [-0.2, -0.15) is 5.10 Å². The van der Waals surface area contributed by atoms with Crippen LogP contribution in [0.2, 0.25) is 5.02 Å². The molecule has 6 nitrogen and oxygen atoms in total. The maximum Gasteiger partial charge on any atom is 0.259 e. The highest BCUT2D eigenvalue weighted by Gasteiger charge is 2.31. The Kier molecular flexibility index (Phi) is 4.74. The fourth-order valence-electron chi connectivity index (χ4n) is 3.67. The van der Waals surface area contributed by atoms with E-state index >= 15 is 0 Å². The Balaban J connectivity index is 1.63. The Bertz CT molecular complexity index is 978. The van der Waals surface area contributed by atoms with E-state index in [0.717, 1.165) is 25.1 Å². The molecule has 1 fully saturated rings. The van der Waals surface area contributed by atoms with Crippen LogP contribution in [0.1, 0.15) is 40.6 Å². The van der Waals surface area contributed by atoms with Gasteiger partial charge in [0, 0.05) is 37.8 Å². The molecule has 4 rings (SSSR count). The maximum absolute atomic E-state index is 13.3. The highest BCUT2D eigenvalue weighted by Crippen LogP contribution is 2.33. The number of aryl methyl sites for hydroxylation is 2. The van der Waals surface area contributed by atoms with E-state index in [4.69, 9.17) is 16.1 Å². The van der Waals surface area contributed by atoms with E-state index in [-0.39, 0.29) is 11.8 Å². The topological polar surface area (TPSA) is 64.2 Å². The minimum absolute atomic E-state index is 0.0655. The molecule has 0 unspecified atom stereocenters. The molecule has 1 aliphatic heterocycles. The van der Waals surface area contributed by atoms with Gasteiger partial charge >= 0.3 is 0 Å². The van der Waals surface area contributed by atoms with E-state index in [1.165, 1.54) is 0 Å². The lowest BCUT2D eigenvalue weighted by Gasteiger charge is -2.32. The van der Waals surface area contributed by atoms with Crippen LogP contribution < -0.4 is 0 Å². The van der Waals surface area contributed by atoms with Crippen molar-refractivity contribution in [2.75, 3.05) is 13.1 Å². The van der Waals surface area contributed by atoms with Crippen molar-refractivity contribution in [3.05, 3.63) is 58.6 Å². The molecular formula is C20H21ClN4O2. The van der Waals surface area contributed by atoms with Crippen molar-refractivity contribution in [1.82, 2.24) is 19.8 Å². The summed E-state index contributed by atoms with van der Waals surface area (Å²) < 4.78 is 7.16. The average molecular weight is 385 g/mol. The van der Waals surface area contributed by atoms with Crippen molar-refractivity contribution in [2.45, 2.75) is 25.7 Å². The number of piperidine rings is 1. The minimum atomic E-state index is -0.0655. The molecule has 3 heterocycles. The van der Waals surface area contributed by atoms with Crippen molar-refractivity contribution in [1.29, 1.82) is 0 Å². The van der Waals surface area contributed by atoms with E-state index < -0.39 is 0 Å². The molecule has 1 saturated heterocycles. The van der Waals surface area contributed by atoms with E-state index in [1.807, 2.05) is 42.4 Å². The summed E-state index contributed by atoms with van der Waals surface area (Å²) in [6.07, 6.45) is 3.91. The zero-order valence-corrected chi connectivity index (χ0v) is 16.1. The molecule has 1 aliphatic rings. The van der Waals surface area contributed by atoms with Gasteiger partial charge in [0.1, 0.15) is 17.0 Å². The van der Waals surface area contributed by atoms with E-state index in [9.17, 15) is 4.79 Å². The first-order valence-electron chi connectivity index (χ1n) is 9.04. The smallest absolute Gasteiger partial charge is 0.259 e. The summed E-state index contributed by atoms with van der Waals surface area (Å²) in [6.45, 7) is 3.12. The monoisotopic (exact) mass is 384 g/mol. The Morgan fingerprint density at radius 1 is 1.30 bits per heavy atom. The third kappa shape index (κ3) is 3.37. The molecule has 140 valence electrons. The lowest BCUT2D eigenvalue weighted by Crippen LogP contribution is -2.39. The minimum Gasteiger partial charge on any atom is -0.360 e. The lowest BCUT2D eigenvalue weighted by molar-refractivity contribution is 0.0704. The maximum atomic E-state index is 13.3. The van der Waals surface area contributed by atoms with Crippen molar-refractivity contribution >= 4 is 17.5 Å². The van der Waals surface area contributed by atoms with Gasteiger partial charge in [0.15, 0.2) is 0 Å². The van der Waals surface area contributed by atoms with Crippen molar-refractivity contribution < 1.29 is 9.32 Å². The third-order valence-electron chi connectivity index (χ3n) is 5.07. The van der Waals surface area contributed by atoms with Crippen molar-refractivity contribution in [3.8, 4) is 11.3 Å². The second-order valence-electron chi connectivity index (χ2n) is 6.95. The second-order valence-corrected chi connectivity index (χ2v) is 7.35. The molecule has 0 spiro atoms. The summed E-state index contributed by atoms with van der Waals surface area (Å²) in [5, 5.41) is 9.18. The zero-order chi connectivity index (χ0) is 19.0. The number of rotatable bonds is 3. The summed E-state index contributed by atoms with van der Waals surface area (Å²) in [5.41, 5.74) is 2.73. The van der Waals surface area contributed by atoms with Gasteiger partial charge < -0.3 is 9.42 Å². The standard InChI is InChI=1S/C20H21ClN4O2/c1-13-18(19(23-27-13)15-7-3-4-8-16(15)21)20(26)25-10-5-6-14(12-25)17-9-11-24(2)22-17/h3-4,7-9,11,14H,5-6,10,12H2,1-2H3/t14-/m1/s1. The molecule has 2 aromatic heterocycles. The van der Waals surface area contributed by atoms with Crippen LogP contribution in [0.5, 0.6) is 0 Å². The number of likely N-dealkylation sites (tertiary alicyclic amines) is 1. The Labute approximate surface area is 162 Å². The molecule has 1 amide bonds. The molecule has 0 aliphatic carbocycles. The van der Waals surface area contributed by atoms with Crippen LogP contribution in [0.15, 0.2) is 41.1 Å². The molecule has 1 atom stereocenters. The van der Waals surface area contributed by atoms with Gasteiger partial charge in [-0.3, -0.25) is 9.48 Å². The third-order valence-corrected chi connectivity index (χ3v) is 5.40. The fraction of sp³-hybridized carbons (Fsp3) is 0.350. The van der Waals surface area contributed by atoms with Crippen LogP contribution >= 0.6 is 11.6 Å². The van der Waals surface area contributed by atoms with E-state index in [2.05, 4.69) is 10.3 Å². The molecule has 0 radical (unpaired) electrons. The number of carbonyl (C=O) groups is 1. The van der Waals surface area contributed by atoms with Gasteiger partial charge in [-0.25, -0.2) is 0 Å². The summed E-state index contributed by atoms with van der Waals surface area (Å²) in [6, 6.07) is 9.38. The molecule has 0 saturated carbocycles. The van der Waals surface area contributed by atoms with Crippen LogP contribution in [0.4, 0.5) is 0 Å². The van der Waals surface area contributed by atoms with Crippen LogP contribution in [-0.4, -0.2) is 38.8 Å². The predicted octanol–water partition coefficient (Wildman–Crippen LogP) is 4.06. The number of halogens is 1. The summed E-state index contributed by atoms with van der Waals surface area (Å²) >= 11 is 6.32. The first-order valence-corrected chi connectivity index (χ1v) is 9.42. The van der Waals surface area contributed by atoms with E-state index in [0.29, 0.717) is 34.1 Å². The highest BCUT2D eigenvalue weighted by molar-refractivity contribution is 6.33. The normalized spacial score (nSPS) is 17.3. The van der Waals surface area contributed by atoms with Gasteiger partial charge in [0.05, 0.1) is 10.7 Å². The zero-order valence-electron chi connectivity index (χ0n) is 15.4. The van der Waals surface area contributed by atoms with Crippen LogP contribution in [0.3, 0.4) is 0 Å². The molecule has 7 heteroatoms. The molecule has 1 aromatic carbocycles. The molecule has 27 heavy (non-hydrogen) atoms. The number of amides is 1. The van der Waals surface area contributed by atoms with Crippen molar-refractivity contribution in [2.24, 2.45) is 7.05 Å². The lowest BCUT2D eigenvalue weighted by atomic mass is 9.94. The number of hydrogen-bond donors (Lipinski definition) is 0. The Hall–Kier alpha value is -2.60. The van der Waals surface area contributed by atoms with Gasteiger partial charge in [-0.05, 0) is 31.9 Å². The number of carbonyl (C=O) groups excluding carboxylic acids is 1. The molecule has 3 aromatic rings. The van der Waals surface area contributed by atoms with Gasteiger partial charge in [-0.1, -0.05) is 35.0 Å².